The van der Waals surface area contributed by atoms with Gasteiger partial charge < -0.3 is 14.8 Å². The minimum Gasteiger partial charge on any atom is -0.493 e. The number of ether oxygens (including phenoxy) is 2. The summed E-state index contributed by atoms with van der Waals surface area (Å²) in [5.74, 6) is 0.649. The van der Waals surface area contributed by atoms with Crippen molar-refractivity contribution in [2.24, 2.45) is 0 Å². The normalized spacial score (nSPS) is 11.0. The van der Waals surface area contributed by atoms with Crippen molar-refractivity contribution in [2.75, 3.05) is 19.5 Å². The second kappa shape index (κ2) is 7.27. The quantitative estimate of drug-likeness (QED) is 0.557. The molecule has 0 spiro atoms. The fourth-order valence-electron chi connectivity index (χ4n) is 3.19. The maximum absolute atomic E-state index is 12.6. The van der Waals surface area contributed by atoms with Crippen LogP contribution >= 0.6 is 0 Å². The monoisotopic (exact) mass is 393 g/mol. The van der Waals surface area contributed by atoms with Gasteiger partial charge in [-0.2, -0.15) is 0 Å². The Morgan fingerprint density at radius 1 is 1.14 bits per heavy atom. The molecule has 0 unspecified atom stereocenters. The lowest BCUT2D eigenvalue weighted by molar-refractivity contribution is -0.117. The van der Waals surface area contributed by atoms with Crippen LogP contribution in [-0.4, -0.2) is 39.3 Å². The van der Waals surface area contributed by atoms with E-state index >= 15 is 0 Å². The third-order valence-electron chi connectivity index (χ3n) is 4.61. The second-order valence-electron chi connectivity index (χ2n) is 6.47. The van der Waals surface area contributed by atoms with Gasteiger partial charge in [0.2, 0.25) is 5.91 Å². The maximum atomic E-state index is 12.6. The zero-order valence-corrected chi connectivity index (χ0v) is 16.2. The number of nitrogens with one attached hydrogen (secondary N) is 1. The van der Waals surface area contributed by atoms with Crippen LogP contribution in [0.1, 0.15) is 5.56 Å². The summed E-state index contributed by atoms with van der Waals surface area (Å²) in [4.78, 5) is 29.5. The van der Waals surface area contributed by atoms with Gasteiger partial charge in [0.1, 0.15) is 12.9 Å². The van der Waals surface area contributed by atoms with Gasteiger partial charge in [0, 0.05) is 17.1 Å². The molecule has 2 aromatic carbocycles. The number of methoxy groups -OCH3 is 2. The average Bonchev–Trinajstić information content (AvgIpc) is 3.04. The predicted molar refractivity (Wildman–Crippen MR) is 108 cm³/mol. The van der Waals surface area contributed by atoms with Crippen molar-refractivity contribution in [3.8, 4) is 11.5 Å². The molecular weight excluding hydrogens is 374 g/mol. The third kappa shape index (κ3) is 3.27. The van der Waals surface area contributed by atoms with E-state index in [-0.39, 0.29) is 6.54 Å². The molecule has 148 valence electrons. The predicted octanol–water partition coefficient (Wildman–Crippen LogP) is 2.01. The smallest absolute Gasteiger partial charge is 0.352 e. The molecule has 0 aliphatic heterocycles. The summed E-state index contributed by atoms with van der Waals surface area (Å²) >= 11 is 0. The van der Waals surface area contributed by atoms with Gasteiger partial charge in [-0.15, -0.1) is 5.10 Å². The lowest BCUT2D eigenvalue weighted by Crippen LogP contribution is -2.28. The number of amides is 1. The van der Waals surface area contributed by atoms with Gasteiger partial charge in [-0.05, 0) is 30.7 Å². The van der Waals surface area contributed by atoms with E-state index in [1.807, 2.05) is 25.1 Å². The van der Waals surface area contributed by atoms with Crippen LogP contribution in [0.4, 0.5) is 5.69 Å². The van der Waals surface area contributed by atoms with Crippen molar-refractivity contribution >= 4 is 28.1 Å². The molecule has 9 heteroatoms. The molecule has 4 aromatic rings. The molecule has 1 amide bonds. The number of benzene rings is 2. The summed E-state index contributed by atoms with van der Waals surface area (Å²) in [6.45, 7) is 1.71. The molecule has 29 heavy (non-hydrogen) atoms. The van der Waals surface area contributed by atoms with Crippen molar-refractivity contribution in [1.29, 1.82) is 0 Å². The summed E-state index contributed by atoms with van der Waals surface area (Å²) in [7, 11) is 3.05. The number of rotatable bonds is 5. The minimum atomic E-state index is -0.432. The van der Waals surface area contributed by atoms with Gasteiger partial charge in [0.05, 0.1) is 19.7 Å². The SMILES string of the molecule is COc1ccc(NC(=O)Cn2nc3c4cccc(C)c4ncn3c2=O)cc1OC. The molecule has 0 radical (unpaired) electrons. The summed E-state index contributed by atoms with van der Waals surface area (Å²) in [6.07, 6.45) is 1.43. The molecule has 0 aliphatic carbocycles. The van der Waals surface area contributed by atoms with E-state index < -0.39 is 11.6 Å². The first kappa shape index (κ1) is 18.5. The topological polar surface area (TPSA) is 99.7 Å². The van der Waals surface area contributed by atoms with E-state index in [1.165, 1.54) is 24.9 Å². The van der Waals surface area contributed by atoms with Gasteiger partial charge in [-0.1, -0.05) is 12.1 Å². The highest BCUT2D eigenvalue weighted by atomic mass is 16.5. The molecule has 9 nitrogen and oxygen atoms in total. The average molecular weight is 393 g/mol. The number of para-hydroxylation sites is 1. The van der Waals surface area contributed by atoms with Gasteiger partial charge in [0.15, 0.2) is 17.1 Å². The summed E-state index contributed by atoms with van der Waals surface area (Å²) in [5, 5.41) is 7.83. The van der Waals surface area contributed by atoms with Crippen molar-refractivity contribution in [1.82, 2.24) is 19.2 Å². The number of hydrogen-bond donors (Lipinski definition) is 1. The van der Waals surface area contributed by atoms with E-state index in [2.05, 4.69) is 15.4 Å². The van der Waals surface area contributed by atoms with Gasteiger partial charge in [-0.25, -0.2) is 18.9 Å². The van der Waals surface area contributed by atoms with Crippen molar-refractivity contribution in [3.63, 3.8) is 0 Å². The third-order valence-corrected chi connectivity index (χ3v) is 4.61. The number of carbonyl (C=O) groups is 1. The number of anilines is 1. The molecule has 4 rings (SSSR count). The fourth-order valence-corrected chi connectivity index (χ4v) is 3.19. The number of carbonyl (C=O) groups excluding carboxylic acids is 1. The van der Waals surface area contributed by atoms with E-state index in [0.29, 0.717) is 22.8 Å². The van der Waals surface area contributed by atoms with Crippen LogP contribution in [0.3, 0.4) is 0 Å². The van der Waals surface area contributed by atoms with Crippen LogP contribution in [-0.2, 0) is 11.3 Å². The van der Waals surface area contributed by atoms with Gasteiger partial charge in [0.25, 0.3) is 0 Å². The number of aryl methyl sites for hydroxylation is 1. The van der Waals surface area contributed by atoms with Crippen molar-refractivity contribution in [3.05, 3.63) is 58.8 Å². The minimum absolute atomic E-state index is 0.234. The number of hydrogen-bond acceptors (Lipinski definition) is 6. The maximum Gasteiger partial charge on any atom is 0.352 e. The van der Waals surface area contributed by atoms with Crippen LogP contribution in [0.5, 0.6) is 11.5 Å². The molecule has 0 saturated heterocycles. The Labute approximate surface area is 165 Å². The fraction of sp³-hybridized carbons (Fsp3) is 0.200. The molecule has 1 N–H and O–H groups in total. The standard InChI is InChI=1S/C20H19N5O4/c1-12-5-4-6-14-18(12)21-11-24-19(14)23-25(20(24)27)10-17(26)22-13-7-8-15(28-2)16(9-13)29-3/h4-9,11H,10H2,1-3H3,(H,22,26). The largest absolute Gasteiger partial charge is 0.493 e. The molecule has 0 aliphatic rings. The Hall–Kier alpha value is -3.88. The zero-order valence-electron chi connectivity index (χ0n) is 16.2. The van der Waals surface area contributed by atoms with E-state index in [9.17, 15) is 9.59 Å². The zero-order chi connectivity index (χ0) is 20.5. The highest BCUT2D eigenvalue weighted by Crippen LogP contribution is 2.29. The Morgan fingerprint density at radius 2 is 1.93 bits per heavy atom. The van der Waals surface area contributed by atoms with Crippen LogP contribution in [0.2, 0.25) is 0 Å². The molecular formula is C20H19N5O4. The van der Waals surface area contributed by atoms with Crippen LogP contribution in [0.25, 0.3) is 16.6 Å². The number of aromatic nitrogens is 4. The van der Waals surface area contributed by atoms with Crippen molar-refractivity contribution < 1.29 is 14.3 Å². The molecule has 0 bridgehead atoms. The Kier molecular flexibility index (Phi) is 4.63. The highest BCUT2D eigenvalue weighted by molar-refractivity contribution is 5.93. The van der Waals surface area contributed by atoms with Crippen molar-refractivity contribution in [2.45, 2.75) is 13.5 Å². The first-order valence-corrected chi connectivity index (χ1v) is 8.87. The van der Waals surface area contributed by atoms with Crippen LogP contribution < -0.4 is 20.5 Å². The molecule has 0 atom stereocenters. The Bertz CT molecular complexity index is 1290. The Balaban J connectivity index is 1.63. The van der Waals surface area contributed by atoms with Crippen LogP contribution in [0.15, 0.2) is 47.5 Å². The second-order valence-corrected chi connectivity index (χ2v) is 6.47. The highest BCUT2D eigenvalue weighted by Gasteiger charge is 2.15. The first-order valence-electron chi connectivity index (χ1n) is 8.87. The summed E-state index contributed by atoms with van der Waals surface area (Å²) in [5.41, 5.74) is 2.30. The molecule has 0 fully saturated rings. The lowest BCUT2D eigenvalue weighted by atomic mass is 10.1. The summed E-state index contributed by atoms with van der Waals surface area (Å²) in [6, 6.07) is 10.7. The number of nitrogens with zero attached hydrogens (tertiary/aromatic N) is 4. The van der Waals surface area contributed by atoms with E-state index in [4.69, 9.17) is 9.47 Å². The molecule has 2 heterocycles. The van der Waals surface area contributed by atoms with Gasteiger partial charge in [-0.3, -0.25) is 4.79 Å². The van der Waals surface area contributed by atoms with Gasteiger partial charge >= 0.3 is 5.69 Å². The number of fused-ring (bicyclic) bond motifs is 3. The van der Waals surface area contributed by atoms with E-state index in [0.717, 1.165) is 21.1 Å². The van der Waals surface area contributed by atoms with Crippen LogP contribution in [0, 0.1) is 6.92 Å². The first-order chi connectivity index (χ1) is 14.0. The molecule has 2 aromatic heterocycles. The van der Waals surface area contributed by atoms with E-state index in [1.54, 1.807) is 18.2 Å². The summed E-state index contributed by atoms with van der Waals surface area (Å²) < 4.78 is 12.9. The Morgan fingerprint density at radius 3 is 2.69 bits per heavy atom. The molecule has 0 saturated carbocycles. The lowest BCUT2D eigenvalue weighted by Gasteiger charge is -2.10.